The van der Waals surface area contributed by atoms with E-state index in [1.54, 1.807) is 0 Å². The number of nitrogens with two attached hydrogens (primary N) is 1. The van der Waals surface area contributed by atoms with Crippen molar-refractivity contribution in [1.29, 1.82) is 0 Å². The van der Waals surface area contributed by atoms with Crippen LogP contribution in [0.5, 0.6) is 0 Å². The topological polar surface area (TPSA) is 89.3 Å². The molecule has 100 valence electrons. The molecule has 0 radical (unpaired) electrons. The Morgan fingerprint density at radius 3 is 2.61 bits per heavy atom. The first-order valence-corrected chi connectivity index (χ1v) is 7.37. The van der Waals surface area contributed by atoms with Crippen molar-refractivity contribution in [2.45, 2.75) is 20.3 Å². The number of carbonyl (C=O) groups excluding carboxylic acids is 1. The van der Waals surface area contributed by atoms with Gasteiger partial charge in [-0.25, -0.2) is 13.6 Å². The van der Waals surface area contributed by atoms with Crippen LogP contribution in [-0.4, -0.2) is 26.6 Å². The zero-order chi connectivity index (χ0) is 13.8. The van der Waals surface area contributed by atoms with Gasteiger partial charge in [0.2, 0.25) is 10.0 Å². The molecule has 0 fully saturated rings. The zero-order valence-electron chi connectivity index (χ0n) is 10.6. The van der Waals surface area contributed by atoms with Gasteiger partial charge in [0.25, 0.3) is 5.91 Å². The van der Waals surface area contributed by atoms with Crippen LogP contribution in [0.4, 0.5) is 0 Å². The van der Waals surface area contributed by atoms with Crippen LogP contribution in [0.25, 0.3) is 0 Å². The molecule has 1 rings (SSSR count). The maximum Gasteiger partial charge on any atom is 0.251 e. The number of primary sulfonamides is 1. The molecule has 6 heteroatoms. The van der Waals surface area contributed by atoms with E-state index in [0.717, 1.165) is 11.1 Å². The summed E-state index contributed by atoms with van der Waals surface area (Å²) in [5.74, 6) is -0.314. The Hall–Kier alpha value is -1.40. The van der Waals surface area contributed by atoms with Crippen molar-refractivity contribution in [3.63, 3.8) is 0 Å². The van der Waals surface area contributed by atoms with Gasteiger partial charge < -0.3 is 5.32 Å². The van der Waals surface area contributed by atoms with Crippen LogP contribution >= 0.6 is 0 Å². The SMILES string of the molecule is Cc1ccc(C)c(C(=O)NCCCS(N)(=O)=O)c1. The van der Waals surface area contributed by atoms with Gasteiger partial charge in [-0.3, -0.25) is 4.79 Å². The largest absolute Gasteiger partial charge is 0.352 e. The summed E-state index contributed by atoms with van der Waals surface area (Å²) in [6.45, 7) is 4.07. The van der Waals surface area contributed by atoms with Crippen LogP contribution in [0.1, 0.15) is 27.9 Å². The van der Waals surface area contributed by atoms with Crippen LogP contribution in [0.3, 0.4) is 0 Å². The van der Waals surface area contributed by atoms with Crippen molar-refractivity contribution in [3.8, 4) is 0 Å². The van der Waals surface area contributed by atoms with Crippen LogP contribution in [0, 0.1) is 13.8 Å². The van der Waals surface area contributed by atoms with Gasteiger partial charge >= 0.3 is 0 Å². The minimum Gasteiger partial charge on any atom is -0.352 e. The second-order valence-electron chi connectivity index (χ2n) is 4.29. The van der Waals surface area contributed by atoms with Crippen molar-refractivity contribution < 1.29 is 13.2 Å². The maximum atomic E-state index is 11.9. The van der Waals surface area contributed by atoms with Crippen LogP contribution in [0.2, 0.25) is 0 Å². The van der Waals surface area contributed by atoms with E-state index in [4.69, 9.17) is 5.14 Å². The average molecular weight is 270 g/mol. The van der Waals surface area contributed by atoms with Crippen molar-refractivity contribution in [3.05, 3.63) is 34.9 Å². The third-order valence-corrected chi connectivity index (χ3v) is 3.39. The normalized spacial score (nSPS) is 11.3. The summed E-state index contributed by atoms with van der Waals surface area (Å²) < 4.78 is 21.4. The molecule has 0 spiro atoms. The van der Waals surface area contributed by atoms with Crippen molar-refractivity contribution in [2.75, 3.05) is 12.3 Å². The molecule has 0 aliphatic carbocycles. The van der Waals surface area contributed by atoms with Gasteiger partial charge in [0.15, 0.2) is 0 Å². The number of sulfonamides is 1. The van der Waals surface area contributed by atoms with Crippen LogP contribution < -0.4 is 10.5 Å². The van der Waals surface area contributed by atoms with Gasteiger partial charge in [0.05, 0.1) is 5.75 Å². The highest BCUT2D eigenvalue weighted by Crippen LogP contribution is 2.10. The predicted molar refractivity (Wildman–Crippen MR) is 70.8 cm³/mol. The first-order valence-electron chi connectivity index (χ1n) is 5.65. The number of rotatable bonds is 5. The molecule has 0 saturated heterocycles. The van der Waals surface area contributed by atoms with E-state index >= 15 is 0 Å². The van der Waals surface area contributed by atoms with Gasteiger partial charge in [-0.2, -0.15) is 0 Å². The number of hydrogen-bond acceptors (Lipinski definition) is 3. The Labute approximate surface area is 107 Å². The first-order chi connectivity index (χ1) is 8.29. The van der Waals surface area contributed by atoms with Gasteiger partial charge in [0.1, 0.15) is 0 Å². The fourth-order valence-corrected chi connectivity index (χ4v) is 2.10. The van der Waals surface area contributed by atoms with Gasteiger partial charge in [-0.05, 0) is 31.9 Å². The molecule has 0 aliphatic rings. The lowest BCUT2D eigenvalue weighted by atomic mass is 10.1. The average Bonchev–Trinajstić information content (AvgIpc) is 2.26. The number of nitrogens with one attached hydrogen (secondary N) is 1. The lowest BCUT2D eigenvalue weighted by Crippen LogP contribution is -2.27. The zero-order valence-corrected chi connectivity index (χ0v) is 11.4. The molecule has 1 aromatic rings. The minimum absolute atomic E-state index is 0.125. The summed E-state index contributed by atoms with van der Waals surface area (Å²) in [6, 6.07) is 5.63. The smallest absolute Gasteiger partial charge is 0.251 e. The van der Waals surface area contributed by atoms with E-state index in [-0.39, 0.29) is 11.7 Å². The molecule has 0 heterocycles. The standard InChI is InChI=1S/C12H18N2O3S/c1-9-4-5-10(2)11(8-9)12(15)14-6-3-7-18(13,16)17/h4-5,8H,3,6-7H2,1-2H3,(H,14,15)(H2,13,16,17). The number of aryl methyl sites for hydroxylation is 2. The molecule has 0 atom stereocenters. The fourth-order valence-electron chi connectivity index (χ4n) is 1.55. The van der Waals surface area contributed by atoms with E-state index in [2.05, 4.69) is 5.32 Å². The molecule has 0 saturated carbocycles. The second kappa shape index (κ2) is 5.97. The Kier molecular flexibility index (Phi) is 4.86. The van der Waals surface area contributed by atoms with Crippen molar-refractivity contribution in [2.24, 2.45) is 5.14 Å². The Balaban J connectivity index is 2.53. The van der Waals surface area contributed by atoms with E-state index < -0.39 is 10.0 Å². The molecule has 0 aromatic heterocycles. The van der Waals surface area contributed by atoms with Gasteiger partial charge in [-0.1, -0.05) is 17.7 Å². The highest BCUT2D eigenvalue weighted by molar-refractivity contribution is 7.89. The Morgan fingerprint density at radius 1 is 1.33 bits per heavy atom. The Bertz CT molecular complexity index is 538. The molecular formula is C12H18N2O3S. The lowest BCUT2D eigenvalue weighted by molar-refractivity contribution is 0.0953. The summed E-state index contributed by atoms with van der Waals surface area (Å²) >= 11 is 0. The minimum atomic E-state index is -3.45. The van der Waals surface area contributed by atoms with E-state index in [0.29, 0.717) is 18.5 Å². The van der Waals surface area contributed by atoms with Crippen molar-refractivity contribution >= 4 is 15.9 Å². The lowest BCUT2D eigenvalue weighted by Gasteiger charge is -2.08. The summed E-state index contributed by atoms with van der Waals surface area (Å²) in [6.07, 6.45) is 0.315. The molecule has 0 unspecified atom stereocenters. The van der Waals surface area contributed by atoms with E-state index in [1.165, 1.54) is 0 Å². The molecule has 3 N–H and O–H groups in total. The highest BCUT2D eigenvalue weighted by Gasteiger charge is 2.09. The molecule has 18 heavy (non-hydrogen) atoms. The summed E-state index contributed by atoms with van der Waals surface area (Å²) in [7, 11) is -3.45. The summed E-state index contributed by atoms with van der Waals surface area (Å²) in [5.41, 5.74) is 2.52. The molecule has 0 aliphatic heterocycles. The van der Waals surface area contributed by atoms with Gasteiger partial charge in [0, 0.05) is 12.1 Å². The summed E-state index contributed by atoms with van der Waals surface area (Å²) in [4.78, 5) is 11.9. The maximum absolute atomic E-state index is 11.9. The molecular weight excluding hydrogens is 252 g/mol. The highest BCUT2D eigenvalue weighted by atomic mass is 32.2. The predicted octanol–water partition coefficient (Wildman–Crippen LogP) is 0.712. The molecule has 5 nitrogen and oxygen atoms in total. The second-order valence-corrected chi connectivity index (χ2v) is 6.03. The first kappa shape index (κ1) is 14.7. The number of benzene rings is 1. The van der Waals surface area contributed by atoms with Crippen LogP contribution in [0.15, 0.2) is 18.2 Å². The van der Waals surface area contributed by atoms with Gasteiger partial charge in [-0.15, -0.1) is 0 Å². The number of amides is 1. The van der Waals surface area contributed by atoms with Crippen molar-refractivity contribution in [1.82, 2.24) is 5.32 Å². The van der Waals surface area contributed by atoms with E-state index in [1.807, 2.05) is 32.0 Å². The third kappa shape index (κ3) is 4.85. The monoisotopic (exact) mass is 270 g/mol. The number of hydrogen-bond donors (Lipinski definition) is 2. The quantitative estimate of drug-likeness (QED) is 0.772. The third-order valence-electron chi connectivity index (χ3n) is 2.53. The Morgan fingerprint density at radius 2 is 2.00 bits per heavy atom. The fraction of sp³-hybridized carbons (Fsp3) is 0.417. The number of carbonyl (C=O) groups is 1. The van der Waals surface area contributed by atoms with Crippen LogP contribution in [-0.2, 0) is 10.0 Å². The molecule has 1 amide bonds. The molecule has 1 aromatic carbocycles. The summed E-state index contributed by atoms with van der Waals surface area (Å²) in [5, 5.41) is 7.55. The molecule has 0 bridgehead atoms. The van der Waals surface area contributed by atoms with E-state index in [9.17, 15) is 13.2 Å².